The van der Waals surface area contributed by atoms with Crippen molar-refractivity contribution in [1.82, 2.24) is 9.80 Å². The predicted octanol–water partition coefficient (Wildman–Crippen LogP) is 5.67. The molecule has 0 saturated heterocycles. The first kappa shape index (κ1) is 26.6. The number of hydrogen-bond acceptors (Lipinski definition) is 4. The largest absolute Gasteiger partial charge is 0.464 e. The summed E-state index contributed by atoms with van der Waals surface area (Å²) in [7, 11) is 0. The maximum Gasteiger partial charge on any atom is 0.242 e. The van der Waals surface area contributed by atoms with Crippen LogP contribution in [0.1, 0.15) is 63.0 Å². The predicted molar refractivity (Wildman–Crippen MR) is 141 cm³/mol. The lowest BCUT2D eigenvalue weighted by molar-refractivity contribution is -0.141. The van der Waals surface area contributed by atoms with Crippen LogP contribution in [-0.2, 0) is 22.7 Å². The Morgan fingerprint density at radius 2 is 1.70 bits per heavy atom. The zero-order valence-electron chi connectivity index (χ0n) is 21.5. The van der Waals surface area contributed by atoms with Gasteiger partial charge in [-0.2, -0.15) is 0 Å². The standard InChI is InChI=1S/C30H35FN2O4/c1-2-17-32(28(34)16-13-22-7-3-4-8-22)20-29(35)33(18-23-11-14-25(31)15-12-23)19-24-21-37-27-10-6-5-9-26(27)30(24)36/h5-6,9-12,14-15,21-22H,2-4,7-8,13,16-20H2,1H3. The fourth-order valence-electron chi connectivity index (χ4n) is 5.09. The molecule has 196 valence electrons. The summed E-state index contributed by atoms with van der Waals surface area (Å²) in [6.45, 7) is 2.63. The van der Waals surface area contributed by atoms with Crippen LogP contribution >= 0.6 is 0 Å². The number of benzene rings is 2. The van der Waals surface area contributed by atoms with Crippen LogP contribution in [-0.4, -0.2) is 34.7 Å². The van der Waals surface area contributed by atoms with E-state index in [1.807, 2.05) is 6.92 Å². The zero-order valence-corrected chi connectivity index (χ0v) is 21.5. The molecule has 1 aliphatic carbocycles. The van der Waals surface area contributed by atoms with Crippen molar-refractivity contribution < 1.29 is 18.4 Å². The molecule has 2 amide bonds. The number of nitrogens with zero attached hydrogens (tertiary/aromatic N) is 2. The Morgan fingerprint density at radius 1 is 0.973 bits per heavy atom. The van der Waals surface area contributed by atoms with Gasteiger partial charge in [0.25, 0.3) is 0 Å². The van der Waals surface area contributed by atoms with E-state index in [0.717, 1.165) is 18.4 Å². The van der Waals surface area contributed by atoms with Gasteiger partial charge in [0.15, 0.2) is 5.43 Å². The van der Waals surface area contributed by atoms with Crippen molar-refractivity contribution in [2.24, 2.45) is 5.92 Å². The topological polar surface area (TPSA) is 70.8 Å². The molecule has 2 aromatic carbocycles. The molecule has 6 nitrogen and oxygen atoms in total. The van der Waals surface area contributed by atoms with E-state index >= 15 is 0 Å². The minimum Gasteiger partial charge on any atom is -0.464 e. The molecule has 1 fully saturated rings. The quantitative estimate of drug-likeness (QED) is 0.336. The SMILES string of the molecule is CCCN(CC(=O)N(Cc1ccc(F)cc1)Cc1coc2ccccc2c1=O)C(=O)CCC1CCCC1. The van der Waals surface area contributed by atoms with Gasteiger partial charge < -0.3 is 14.2 Å². The van der Waals surface area contributed by atoms with Gasteiger partial charge in [-0.1, -0.05) is 56.9 Å². The fraction of sp³-hybridized carbons (Fsp3) is 0.433. The van der Waals surface area contributed by atoms with Crippen LogP contribution in [0.2, 0.25) is 0 Å². The number of hydrogen-bond donors (Lipinski definition) is 0. The number of rotatable bonds is 11. The second-order valence-corrected chi connectivity index (χ2v) is 9.97. The first-order chi connectivity index (χ1) is 17.9. The van der Waals surface area contributed by atoms with Crippen LogP contribution < -0.4 is 5.43 Å². The summed E-state index contributed by atoms with van der Waals surface area (Å²) < 4.78 is 19.1. The first-order valence-electron chi connectivity index (χ1n) is 13.2. The molecule has 0 N–H and O–H groups in total. The van der Waals surface area contributed by atoms with Crippen molar-refractivity contribution in [2.45, 2.75) is 65.0 Å². The van der Waals surface area contributed by atoms with Gasteiger partial charge in [-0.3, -0.25) is 14.4 Å². The molecule has 0 radical (unpaired) electrons. The summed E-state index contributed by atoms with van der Waals surface area (Å²) >= 11 is 0. The van der Waals surface area contributed by atoms with Gasteiger partial charge in [0.2, 0.25) is 11.8 Å². The molecule has 1 aromatic heterocycles. The summed E-state index contributed by atoms with van der Waals surface area (Å²) in [5.41, 5.74) is 1.37. The van der Waals surface area contributed by atoms with Gasteiger partial charge >= 0.3 is 0 Å². The van der Waals surface area contributed by atoms with E-state index in [1.54, 1.807) is 46.2 Å². The Morgan fingerprint density at radius 3 is 2.43 bits per heavy atom. The molecule has 0 bridgehead atoms. The van der Waals surface area contributed by atoms with Crippen molar-refractivity contribution >= 4 is 22.8 Å². The van der Waals surface area contributed by atoms with Gasteiger partial charge in [0.1, 0.15) is 11.4 Å². The summed E-state index contributed by atoms with van der Waals surface area (Å²) in [5, 5.41) is 0.448. The number of halogens is 1. The smallest absolute Gasteiger partial charge is 0.242 e. The molecule has 1 heterocycles. The Kier molecular flexibility index (Phi) is 9.09. The molecule has 3 aromatic rings. The molecule has 0 unspecified atom stereocenters. The van der Waals surface area contributed by atoms with Crippen LogP contribution in [0.3, 0.4) is 0 Å². The maximum absolute atomic E-state index is 13.6. The van der Waals surface area contributed by atoms with Gasteiger partial charge in [0, 0.05) is 19.5 Å². The summed E-state index contributed by atoms with van der Waals surface area (Å²) in [5.74, 6) is -0.0300. The average Bonchev–Trinajstić information content (AvgIpc) is 3.43. The van der Waals surface area contributed by atoms with Gasteiger partial charge in [0.05, 0.1) is 30.3 Å². The number of para-hydroxylation sites is 1. The van der Waals surface area contributed by atoms with Crippen LogP contribution in [0.4, 0.5) is 4.39 Å². The van der Waals surface area contributed by atoms with E-state index in [9.17, 15) is 18.8 Å². The molecule has 7 heteroatoms. The van der Waals surface area contributed by atoms with Crippen molar-refractivity contribution in [1.29, 1.82) is 0 Å². The average molecular weight is 507 g/mol. The third-order valence-corrected chi connectivity index (χ3v) is 7.17. The molecule has 1 aliphatic rings. The zero-order chi connectivity index (χ0) is 26.2. The Hall–Kier alpha value is -3.48. The Labute approximate surface area is 217 Å². The molecular weight excluding hydrogens is 471 g/mol. The highest BCUT2D eigenvalue weighted by Crippen LogP contribution is 2.28. The van der Waals surface area contributed by atoms with Crippen LogP contribution in [0, 0.1) is 11.7 Å². The number of carbonyl (C=O) groups excluding carboxylic acids is 2. The number of fused-ring (bicyclic) bond motifs is 1. The minimum absolute atomic E-state index is 0.00551. The van der Waals surface area contributed by atoms with Crippen LogP contribution in [0.25, 0.3) is 11.0 Å². The lowest BCUT2D eigenvalue weighted by Crippen LogP contribution is -2.43. The summed E-state index contributed by atoms with van der Waals surface area (Å²) in [6, 6.07) is 12.9. The second kappa shape index (κ2) is 12.7. The molecule has 0 aliphatic heterocycles. The van der Waals surface area contributed by atoms with Crippen molar-refractivity contribution in [3.05, 3.63) is 82.0 Å². The van der Waals surface area contributed by atoms with Crippen LogP contribution in [0.15, 0.2) is 64.0 Å². The monoisotopic (exact) mass is 506 g/mol. The minimum atomic E-state index is -0.362. The highest BCUT2D eigenvalue weighted by atomic mass is 19.1. The molecule has 0 spiro atoms. The number of amides is 2. The molecule has 4 rings (SSSR count). The van der Waals surface area contributed by atoms with E-state index in [1.165, 1.54) is 44.1 Å². The molecule has 1 saturated carbocycles. The van der Waals surface area contributed by atoms with Gasteiger partial charge in [-0.05, 0) is 48.6 Å². The summed E-state index contributed by atoms with van der Waals surface area (Å²) in [4.78, 5) is 42.9. The Bertz CT molecular complexity index is 1260. The highest BCUT2D eigenvalue weighted by molar-refractivity contribution is 5.85. The van der Waals surface area contributed by atoms with E-state index < -0.39 is 0 Å². The van der Waals surface area contributed by atoms with Gasteiger partial charge in [-0.25, -0.2) is 4.39 Å². The van der Waals surface area contributed by atoms with E-state index in [2.05, 4.69) is 0 Å². The number of carbonyl (C=O) groups is 2. The lowest BCUT2D eigenvalue weighted by Gasteiger charge is -2.28. The lowest BCUT2D eigenvalue weighted by atomic mass is 10.0. The van der Waals surface area contributed by atoms with E-state index in [0.29, 0.717) is 35.4 Å². The van der Waals surface area contributed by atoms with E-state index in [-0.39, 0.29) is 42.7 Å². The Balaban J connectivity index is 1.53. The van der Waals surface area contributed by atoms with Crippen molar-refractivity contribution in [3.8, 4) is 0 Å². The molecule has 0 atom stereocenters. The normalized spacial score (nSPS) is 13.7. The van der Waals surface area contributed by atoms with Crippen LogP contribution in [0.5, 0.6) is 0 Å². The molecule has 37 heavy (non-hydrogen) atoms. The third-order valence-electron chi connectivity index (χ3n) is 7.17. The maximum atomic E-state index is 13.6. The highest BCUT2D eigenvalue weighted by Gasteiger charge is 2.24. The second-order valence-electron chi connectivity index (χ2n) is 9.97. The first-order valence-corrected chi connectivity index (χ1v) is 13.2. The fourth-order valence-corrected chi connectivity index (χ4v) is 5.09. The van der Waals surface area contributed by atoms with Crippen molar-refractivity contribution in [3.63, 3.8) is 0 Å². The van der Waals surface area contributed by atoms with Crippen molar-refractivity contribution in [2.75, 3.05) is 13.1 Å². The van der Waals surface area contributed by atoms with Gasteiger partial charge in [-0.15, -0.1) is 0 Å². The molecular formula is C30H35FN2O4. The third kappa shape index (κ3) is 7.06. The van der Waals surface area contributed by atoms with E-state index in [4.69, 9.17) is 4.42 Å². The summed E-state index contributed by atoms with van der Waals surface area (Å²) in [6.07, 6.45) is 8.28.